The van der Waals surface area contributed by atoms with Crippen molar-refractivity contribution < 1.29 is 4.74 Å². The van der Waals surface area contributed by atoms with Crippen LogP contribution >= 0.6 is 0 Å². The Kier molecular flexibility index (Phi) is 1.66. The Labute approximate surface area is 62.2 Å². The number of hydrogen-bond donors (Lipinski definition) is 0. The maximum atomic E-state index is 5.26. The summed E-state index contributed by atoms with van der Waals surface area (Å²) >= 11 is 0. The number of nitrogens with zero attached hydrogens (tertiary/aromatic N) is 1. The van der Waals surface area contributed by atoms with E-state index in [-0.39, 0.29) is 0 Å². The van der Waals surface area contributed by atoms with Gasteiger partial charge in [0.2, 0.25) is 0 Å². The zero-order valence-electron chi connectivity index (χ0n) is 6.55. The number of rotatable bonds is 2. The van der Waals surface area contributed by atoms with Crippen LogP contribution in [0.3, 0.4) is 0 Å². The number of epoxide rings is 1. The van der Waals surface area contributed by atoms with E-state index in [2.05, 4.69) is 11.8 Å². The SMILES string of the molecule is CCN1CC[C@@H]([C@H]2CO2)C1. The Morgan fingerprint density at radius 3 is 2.90 bits per heavy atom. The second kappa shape index (κ2) is 2.51. The van der Waals surface area contributed by atoms with Gasteiger partial charge >= 0.3 is 0 Å². The van der Waals surface area contributed by atoms with Gasteiger partial charge < -0.3 is 9.64 Å². The molecule has 0 spiro atoms. The van der Waals surface area contributed by atoms with Crippen molar-refractivity contribution in [2.24, 2.45) is 5.92 Å². The lowest BCUT2D eigenvalue weighted by molar-refractivity contribution is 0.301. The van der Waals surface area contributed by atoms with E-state index < -0.39 is 0 Å². The first kappa shape index (κ1) is 6.62. The van der Waals surface area contributed by atoms with Gasteiger partial charge in [0.05, 0.1) is 12.7 Å². The molecule has 2 aliphatic rings. The molecule has 0 aliphatic carbocycles. The minimum absolute atomic E-state index is 0.636. The smallest absolute Gasteiger partial charge is 0.0850 e. The summed E-state index contributed by atoms with van der Waals surface area (Å²) in [4.78, 5) is 2.51. The summed E-state index contributed by atoms with van der Waals surface area (Å²) in [5.41, 5.74) is 0. The highest BCUT2D eigenvalue weighted by Gasteiger charge is 2.36. The molecule has 2 saturated heterocycles. The summed E-state index contributed by atoms with van der Waals surface area (Å²) in [5, 5.41) is 0. The first-order valence-electron chi connectivity index (χ1n) is 4.24. The second-order valence-corrected chi connectivity index (χ2v) is 3.31. The quantitative estimate of drug-likeness (QED) is 0.527. The largest absolute Gasteiger partial charge is 0.373 e. The Morgan fingerprint density at radius 2 is 2.40 bits per heavy atom. The van der Waals surface area contributed by atoms with Crippen molar-refractivity contribution in [2.45, 2.75) is 19.4 Å². The van der Waals surface area contributed by atoms with Gasteiger partial charge in [-0.15, -0.1) is 0 Å². The van der Waals surface area contributed by atoms with Gasteiger partial charge in [-0.1, -0.05) is 6.92 Å². The molecular formula is C8H15NO. The van der Waals surface area contributed by atoms with Gasteiger partial charge in [0.15, 0.2) is 0 Å². The van der Waals surface area contributed by atoms with Gasteiger partial charge in [-0.05, 0) is 19.5 Å². The topological polar surface area (TPSA) is 15.8 Å². The van der Waals surface area contributed by atoms with Crippen LogP contribution < -0.4 is 0 Å². The molecule has 2 heterocycles. The first-order valence-corrected chi connectivity index (χ1v) is 4.24. The fourth-order valence-electron chi connectivity index (χ4n) is 1.78. The fraction of sp³-hybridized carbons (Fsp3) is 1.00. The predicted octanol–water partition coefficient (Wildman–Crippen LogP) is 0.727. The van der Waals surface area contributed by atoms with Gasteiger partial charge in [0, 0.05) is 12.5 Å². The molecule has 0 aromatic heterocycles. The van der Waals surface area contributed by atoms with Gasteiger partial charge in [-0.2, -0.15) is 0 Å². The lowest BCUT2D eigenvalue weighted by Crippen LogP contribution is -2.21. The average Bonchev–Trinajstić information content (AvgIpc) is 2.70. The molecule has 0 saturated carbocycles. The zero-order chi connectivity index (χ0) is 6.97. The third-order valence-corrected chi connectivity index (χ3v) is 2.64. The molecule has 0 aromatic rings. The van der Waals surface area contributed by atoms with Gasteiger partial charge in [0.25, 0.3) is 0 Å². The van der Waals surface area contributed by atoms with Gasteiger partial charge in [-0.25, -0.2) is 0 Å². The molecule has 2 nitrogen and oxygen atoms in total. The van der Waals surface area contributed by atoms with Crippen molar-refractivity contribution in [3.8, 4) is 0 Å². The van der Waals surface area contributed by atoms with Crippen LogP contribution in [0.2, 0.25) is 0 Å². The van der Waals surface area contributed by atoms with Crippen LogP contribution in [-0.2, 0) is 4.74 Å². The van der Waals surface area contributed by atoms with Crippen LogP contribution in [-0.4, -0.2) is 37.2 Å². The van der Waals surface area contributed by atoms with E-state index >= 15 is 0 Å². The van der Waals surface area contributed by atoms with E-state index in [1.54, 1.807) is 0 Å². The number of ether oxygens (including phenoxy) is 1. The van der Waals surface area contributed by atoms with E-state index in [0.717, 1.165) is 12.5 Å². The molecule has 0 amide bonds. The Morgan fingerprint density at radius 1 is 1.60 bits per heavy atom. The first-order chi connectivity index (χ1) is 4.90. The normalized spacial score (nSPS) is 40.5. The Balaban J connectivity index is 1.81. The third kappa shape index (κ3) is 1.18. The lowest BCUT2D eigenvalue weighted by atomic mass is 10.1. The highest BCUT2D eigenvalue weighted by Crippen LogP contribution is 2.28. The minimum atomic E-state index is 0.636. The number of likely N-dealkylation sites (tertiary alicyclic amines) is 1. The fourth-order valence-corrected chi connectivity index (χ4v) is 1.78. The maximum absolute atomic E-state index is 5.26. The molecule has 0 N–H and O–H groups in total. The van der Waals surface area contributed by atoms with E-state index in [4.69, 9.17) is 4.74 Å². The van der Waals surface area contributed by atoms with Crippen molar-refractivity contribution in [3.05, 3.63) is 0 Å². The maximum Gasteiger partial charge on any atom is 0.0850 e. The van der Waals surface area contributed by atoms with Crippen molar-refractivity contribution >= 4 is 0 Å². The van der Waals surface area contributed by atoms with Crippen molar-refractivity contribution in [3.63, 3.8) is 0 Å². The molecule has 58 valence electrons. The van der Waals surface area contributed by atoms with Crippen LogP contribution in [0.15, 0.2) is 0 Å². The molecule has 2 rings (SSSR count). The molecule has 2 aliphatic heterocycles. The van der Waals surface area contributed by atoms with Crippen molar-refractivity contribution in [2.75, 3.05) is 26.2 Å². The summed E-state index contributed by atoms with van der Waals surface area (Å²) in [5.74, 6) is 0.861. The Bertz CT molecular complexity index is 122. The molecule has 2 atom stereocenters. The summed E-state index contributed by atoms with van der Waals surface area (Å²) in [6, 6.07) is 0. The van der Waals surface area contributed by atoms with Crippen molar-refractivity contribution in [1.29, 1.82) is 0 Å². The molecule has 0 unspecified atom stereocenters. The van der Waals surface area contributed by atoms with Crippen LogP contribution in [0.1, 0.15) is 13.3 Å². The summed E-state index contributed by atoms with van der Waals surface area (Å²) in [7, 11) is 0. The second-order valence-electron chi connectivity index (χ2n) is 3.31. The standard InChI is InChI=1S/C8H15NO/c1-2-9-4-3-7(5-9)8-6-10-8/h7-8H,2-6H2,1H3/t7-,8-/m1/s1. The molecule has 0 aromatic carbocycles. The summed E-state index contributed by atoms with van der Waals surface area (Å²) in [6.45, 7) is 7.05. The highest BCUT2D eigenvalue weighted by molar-refractivity contribution is 4.86. The van der Waals surface area contributed by atoms with E-state index in [1.165, 1.54) is 26.1 Å². The van der Waals surface area contributed by atoms with Crippen LogP contribution in [0.4, 0.5) is 0 Å². The van der Waals surface area contributed by atoms with Gasteiger partial charge in [0.1, 0.15) is 0 Å². The molecular weight excluding hydrogens is 126 g/mol. The van der Waals surface area contributed by atoms with Crippen LogP contribution in [0, 0.1) is 5.92 Å². The van der Waals surface area contributed by atoms with Gasteiger partial charge in [-0.3, -0.25) is 0 Å². The lowest BCUT2D eigenvalue weighted by Gasteiger charge is -2.10. The molecule has 0 bridgehead atoms. The Hall–Kier alpha value is -0.0800. The van der Waals surface area contributed by atoms with Crippen LogP contribution in [0.5, 0.6) is 0 Å². The number of hydrogen-bond acceptors (Lipinski definition) is 2. The molecule has 2 fully saturated rings. The van der Waals surface area contributed by atoms with Crippen molar-refractivity contribution in [1.82, 2.24) is 4.90 Å². The molecule has 0 radical (unpaired) electrons. The molecule has 10 heavy (non-hydrogen) atoms. The van der Waals surface area contributed by atoms with Crippen LogP contribution in [0.25, 0.3) is 0 Å². The molecule has 2 heteroatoms. The predicted molar refractivity (Wildman–Crippen MR) is 40.0 cm³/mol. The zero-order valence-corrected chi connectivity index (χ0v) is 6.55. The summed E-state index contributed by atoms with van der Waals surface area (Å²) < 4.78 is 5.26. The monoisotopic (exact) mass is 141 g/mol. The summed E-state index contributed by atoms with van der Waals surface area (Å²) in [6.07, 6.45) is 2.00. The average molecular weight is 141 g/mol. The van der Waals surface area contributed by atoms with E-state index in [1.807, 2.05) is 0 Å². The third-order valence-electron chi connectivity index (χ3n) is 2.64. The minimum Gasteiger partial charge on any atom is -0.373 e. The van der Waals surface area contributed by atoms with E-state index in [9.17, 15) is 0 Å². The van der Waals surface area contributed by atoms with E-state index in [0.29, 0.717) is 6.10 Å². The highest BCUT2D eigenvalue weighted by atomic mass is 16.6.